The summed E-state index contributed by atoms with van der Waals surface area (Å²) in [6.45, 7) is 6.12. The van der Waals surface area contributed by atoms with Crippen molar-refractivity contribution in [3.05, 3.63) is 24.3 Å². The van der Waals surface area contributed by atoms with E-state index in [1.54, 1.807) is 7.11 Å². The van der Waals surface area contributed by atoms with Gasteiger partial charge in [0.25, 0.3) is 5.91 Å². The zero-order chi connectivity index (χ0) is 17.0. The Labute approximate surface area is 144 Å². The molecule has 0 atom stereocenters. The van der Waals surface area contributed by atoms with Crippen molar-refractivity contribution < 1.29 is 9.53 Å². The number of piperidine rings is 2. The van der Waals surface area contributed by atoms with E-state index in [1.807, 2.05) is 12.1 Å². The molecule has 1 amide bonds. The summed E-state index contributed by atoms with van der Waals surface area (Å²) in [7, 11) is 1.64. The fourth-order valence-corrected chi connectivity index (χ4v) is 3.65. The van der Waals surface area contributed by atoms with Crippen molar-refractivity contribution in [1.29, 1.82) is 0 Å². The maximum atomic E-state index is 12.8. The third-order valence-corrected chi connectivity index (χ3v) is 5.47. The van der Waals surface area contributed by atoms with Crippen molar-refractivity contribution in [2.45, 2.75) is 38.2 Å². The molecule has 2 aliphatic heterocycles. The number of hydrogen-bond donors (Lipinski definition) is 2. The van der Waals surface area contributed by atoms with Gasteiger partial charge in [-0.3, -0.25) is 4.79 Å². The first-order valence-corrected chi connectivity index (χ1v) is 9.05. The van der Waals surface area contributed by atoms with Crippen LogP contribution in [0.4, 0.5) is 11.4 Å². The summed E-state index contributed by atoms with van der Waals surface area (Å²) < 4.78 is 5.61. The molecule has 2 aliphatic rings. The van der Waals surface area contributed by atoms with Gasteiger partial charge in [-0.05, 0) is 62.9 Å². The number of benzene rings is 1. The smallest absolute Gasteiger partial charge is 0.256 e. The summed E-state index contributed by atoms with van der Waals surface area (Å²) in [5, 5.41) is 6.35. The van der Waals surface area contributed by atoms with Gasteiger partial charge in [-0.15, -0.1) is 0 Å². The molecule has 0 spiro atoms. The SMILES string of the molecule is COC1(C(=O)Nc2cccc(N3CCC(C)CC3)c2)CCNCC1. The van der Waals surface area contributed by atoms with Crippen molar-refractivity contribution in [3.63, 3.8) is 0 Å². The number of carbonyl (C=O) groups excluding carboxylic acids is 1. The second kappa shape index (κ2) is 7.53. The van der Waals surface area contributed by atoms with Gasteiger partial charge in [0, 0.05) is 31.6 Å². The highest BCUT2D eigenvalue weighted by Gasteiger charge is 2.39. The zero-order valence-electron chi connectivity index (χ0n) is 14.8. The number of methoxy groups -OCH3 is 1. The molecule has 0 unspecified atom stereocenters. The average molecular weight is 331 g/mol. The van der Waals surface area contributed by atoms with Gasteiger partial charge in [-0.2, -0.15) is 0 Å². The molecule has 5 nitrogen and oxygen atoms in total. The maximum absolute atomic E-state index is 12.8. The summed E-state index contributed by atoms with van der Waals surface area (Å²) in [5.74, 6) is 0.779. The van der Waals surface area contributed by atoms with E-state index in [0.29, 0.717) is 12.8 Å². The van der Waals surface area contributed by atoms with Gasteiger partial charge in [0.15, 0.2) is 0 Å². The number of rotatable bonds is 4. The van der Waals surface area contributed by atoms with E-state index in [4.69, 9.17) is 4.74 Å². The Balaban J connectivity index is 1.69. The predicted octanol–water partition coefficient (Wildman–Crippen LogP) is 2.63. The minimum Gasteiger partial charge on any atom is -0.371 e. The number of anilines is 2. The molecule has 0 radical (unpaired) electrons. The van der Waals surface area contributed by atoms with Crippen LogP contribution in [0, 0.1) is 5.92 Å². The van der Waals surface area contributed by atoms with Gasteiger partial charge >= 0.3 is 0 Å². The molecule has 2 heterocycles. The lowest BCUT2D eigenvalue weighted by Crippen LogP contribution is -2.51. The van der Waals surface area contributed by atoms with Crippen molar-refractivity contribution in [2.24, 2.45) is 5.92 Å². The normalized spacial score (nSPS) is 21.5. The molecule has 1 aromatic rings. The topological polar surface area (TPSA) is 53.6 Å². The lowest BCUT2D eigenvalue weighted by Gasteiger charge is -2.35. The number of carbonyl (C=O) groups is 1. The van der Waals surface area contributed by atoms with Gasteiger partial charge in [-0.1, -0.05) is 13.0 Å². The first kappa shape index (κ1) is 17.2. The zero-order valence-corrected chi connectivity index (χ0v) is 14.8. The first-order valence-electron chi connectivity index (χ1n) is 9.05. The van der Waals surface area contributed by atoms with Crippen molar-refractivity contribution in [1.82, 2.24) is 5.32 Å². The quantitative estimate of drug-likeness (QED) is 0.890. The van der Waals surface area contributed by atoms with Gasteiger partial charge in [0.2, 0.25) is 0 Å². The Bertz CT molecular complexity index is 561. The highest BCUT2D eigenvalue weighted by atomic mass is 16.5. The Morgan fingerprint density at radius 1 is 1.29 bits per heavy atom. The Morgan fingerprint density at radius 3 is 2.67 bits per heavy atom. The molecule has 3 rings (SSSR count). The molecule has 2 fully saturated rings. The average Bonchev–Trinajstić information content (AvgIpc) is 2.63. The van der Waals surface area contributed by atoms with E-state index < -0.39 is 5.60 Å². The second-order valence-electron chi connectivity index (χ2n) is 7.12. The van der Waals surface area contributed by atoms with Crippen LogP contribution in [0.25, 0.3) is 0 Å². The standard InChI is InChI=1S/C19H29N3O2/c1-15-6-12-22(13-7-15)17-5-3-4-16(14-17)21-18(23)19(24-2)8-10-20-11-9-19/h3-5,14-15,20H,6-13H2,1-2H3,(H,21,23). The number of nitrogens with one attached hydrogen (secondary N) is 2. The summed E-state index contributed by atoms with van der Waals surface area (Å²) in [6.07, 6.45) is 3.88. The van der Waals surface area contributed by atoms with E-state index in [1.165, 1.54) is 18.5 Å². The van der Waals surface area contributed by atoms with Gasteiger partial charge in [0.05, 0.1) is 0 Å². The molecule has 0 aliphatic carbocycles. The number of ether oxygens (including phenoxy) is 1. The molecule has 5 heteroatoms. The van der Waals surface area contributed by atoms with Crippen LogP contribution in [-0.4, -0.2) is 44.8 Å². The van der Waals surface area contributed by atoms with E-state index in [-0.39, 0.29) is 5.91 Å². The van der Waals surface area contributed by atoms with Crippen LogP contribution in [0.3, 0.4) is 0 Å². The summed E-state index contributed by atoms with van der Waals surface area (Å²) in [4.78, 5) is 15.2. The molecule has 1 aromatic carbocycles. The van der Waals surface area contributed by atoms with Gasteiger partial charge < -0.3 is 20.3 Å². The Kier molecular flexibility index (Phi) is 5.41. The minimum absolute atomic E-state index is 0.0316. The van der Waals surface area contributed by atoms with E-state index in [2.05, 4.69) is 34.6 Å². The second-order valence-corrected chi connectivity index (χ2v) is 7.12. The maximum Gasteiger partial charge on any atom is 0.256 e. The minimum atomic E-state index is -0.707. The predicted molar refractivity (Wildman–Crippen MR) is 97.5 cm³/mol. The number of nitrogens with zero attached hydrogens (tertiary/aromatic N) is 1. The molecule has 24 heavy (non-hydrogen) atoms. The van der Waals surface area contributed by atoms with Gasteiger partial charge in [-0.25, -0.2) is 0 Å². The van der Waals surface area contributed by atoms with E-state index in [0.717, 1.165) is 37.8 Å². The molecule has 2 N–H and O–H groups in total. The van der Waals surface area contributed by atoms with Crippen LogP contribution in [0.2, 0.25) is 0 Å². The van der Waals surface area contributed by atoms with Crippen LogP contribution >= 0.6 is 0 Å². The summed E-state index contributed by atoms with van der Waals surface area (Å²) in [6, 6.07) is 8.18. The molecule has 0 aromatic heterocycles. The third kappa shape index (κ3) is 3.73. The van der Waals surface area contributed by atoms with Gasteiger partial charge in [0.1, 0.15) is 5.60 Å². The fourth-order valence-electron chi connectivity index (χ4n) is 3.65. The number of hydrogen-bond acceptors (Lipinski definition) is 4. The fraction of sp³-hybridized carbons (Fsp3) is 0.632. The van der Waals surface area contributed by atoms with Crippen LogP contribution in [-0.2, 0) is 9.53 Å². The molecule has 2 saturated heterocycles. The first-order chi connectivity index (χ1) is 11.6. The Hall–Kier alpha value is -1.59. The van der Waals surface area contributed by atoms with Crippen LogP contribution < -0.4 is 15.5 Å². The summed E-state index contributed by atoms with van der Waals surface area (Å²) in [5.41, 5.74) is 1.34. The largest absolute Gasteiger partial charge is 0.371 e. The third-order valence-electron chi connectivity index (χ3n) is 5.47. The molecular formula is C19H29N3O2. The summed E-state index contributed by atoms with van der Waals surface area (Å²) >= 11 is 0. The van der Waals surface area contributed by atoms with E-state index >= 15 is 0 Å². The van der Waals surface area contributed by atoms with E-state index in [9.17, 15) is 4.79 Å². The van der Waals surface area contributed by atoms with Crippen LogP contribution in [0.1, 0.15) is 32.6 Å². The monoisotopic (exact) mass is 331 g/mol. The molecule has 0 bridgehead atoms. The molecule has 132 valence electrons. The highest BCUT2D eigenvalue weighted by molar-refractivity contribution is 5.97. The van der Waals surface area contributed by atoms with Crippen molar-refractivity contribution >= 4 is 17.3 Å². The van der Waals surface area contributed by atoms with Crippen molar-refractivity contribution in [2.75, 3.05) is 43.5 Å². The lowest BCUT2D eigenvalue weighted by molar-refractivity contribution is -0.140. The molecular weight excluding hydrogens is 302 g/mol. The molecule has 0 saturated carbocycles. The van der Waals surface area contributed by atoms with Crippen LogP contribution in [0.5, 0.6) is 0 Å². The number of amides is 1. The highest BCUT2D eigenvalue weighted by Crippen LogP contribution is 2.28. The lowest BCUT2D eigenvalue weighted by atomic mass is 9.91. The Morgan fingerprint density at radius 2 is 2.00 bits per heavy atom. The van der Waals surface area contributed by atoms with Crippen molar-refractivity contribution in [3.8, 4) is 0 Å². The van der Waals surface area contributed by atoms with Crippen LogP contribution in [0.15, 0.2) is 24.3 Å².